The Morgan fingerprint density at radius 1 is 1.37 bits per heavy atom. The van der Waals surface area contributed by atoms with Crippen molar-refractivity contribution in [3.8, 4) is 0 Å². The van der Waals surface area contributed by atoms with Crippen LogP contribution in [0.2, 0.25) is 5.02 Å². The molecule has 5 heteroatoms. The second kappa shape index (κ2) is 5.27. The number of thiocarbonyl (C=S) groups is 1. The number of nitrogens with zero attached hydrogens (tertiary/aromatic N) is 2. The molecule has 0 radical (unpaired) electrons. The molecular formula is C14H20ClN3S. The summed E-state index contributed by atoms with van der Waals surface area (Å²) in [6.07, 6.45) is 0. The summed E-state index contributed by atoms with van der Waals surface area (Å²) in [6.45, 7) is 7.43. The van der Waals surface area contributed by atoms with Gasteiger partial charge in [0, 0.05) is 41.4 Å². The van der Waals surface area contributed by atoms with Gasteiger partial charge in [0.1, 0.15) is 4.99 Å². The first-order valence-electron chi connectivity index (χ1n) is 6.37. The third-order valence-electron chi connectivity index (χ3n) is 3.88. The lowest BCUT2D eigenvalue weighted by Crippen LogP contribution is -2.58. The lowest BCUT2D eigenvalue weighted by Gasteiger charge is -2.46. The summed E-state index contributed by atoms with van der Waals surface area (Å²) in [4.78, 5) is 5.11. The maximum absolute atomic E-state index is 6.04. The molecule has 1 aliphatic heterocycles. The lowest BCUT2D eigenvalue weighted by atomic mass is 9.98. The van der Waals surface area contributed by atoms with E-state index in [1.165, 1.54) is 0 Å². The number of piperazine rings is 1. The largest absolute Gasteiger partial charge is 0.389 e. The fraction of sp³-hybridized carbons (Fsp3) is 0.500. The van der Waals surface area contributed by atoms with Crippen molar-refractivity contribution in [1.29, 1.82) is 0 Å². The number of anilines is 1. The summed E-state index contributed by atoms with van der Waals surface area (Å²) in [5.74, 6) is 0. The number of nitrogens with two attached hydrogens (primary N) is 1. The van der Waals surface area contributed by atoms with E-state index in [2.05, 4.69) is 30.7 Å². The van der Waals surface area contributed by atoms with Gasteiger partial charge in [-0.3, -0.25) is 4.90 Å². The number of hydrogen-bond donors (Lipinski definition) is 1. The monoisotopic (exact) mass is 297 g/mol. The molecule has 1 aromatic carbocycles. The topological polar surface area (TPSA) is 32.5 Å². The van der Waals surface area contributed by atoms with Gasteiger partial charge in [0.05, 0.1) is 0 Å². The number of rotatable bonds is 2. The Morgan fingerprint density at radius 3 is 2.63 bits per heavy atom. The Balaban J connectivity index is 2.35. The summed E-state index contributed by atoms with van der Waals surface area (Å²) in [7, 11) is 2.16. The summed E-state index contributed by atoms with van der Waals surface area (Å²) in [6, 6.07) is 5.76. The Hall–Kier alpha value is -0.840. The van der Waals surface area contributed by atoms with Crippen molar-refractivity contribution in [3.63, 3.8) is 0 Å². The van der Waals surface area contributed by atoms with Crippen LogP contribution in [0.4, 0.5) is 5.69 Å². The maximum atomic E-state index is 6.04. The molecule has 1 heterocycles. The molecule has 19 heavy (non-hydrogen) atoms. The number of likely N-dealkylation sites (N-methyl/N-ethyl adjacent to an activating group) is 1. The highest BCUT2D eigenvalue weighted by Crippen LogP contribution is 2.29. The van der Waals surface area contributed by atoms with Gasteiger partial charge in [0.15, 0.2) is 0 Å². The van der Waals surface area contributed by atoms with Crippen LogP contribution in [-0.2, 0) is 0 Å². The molecule has 0 spiro atoms. The zero-order chi connectivity index (χ0) is 14.2. The molecule has 0 aromatic heterocycles. The molecule has 3 nitrogen and oxygen atoms in total. The van der Waals surface area contributed by atoms with Gasteiger partial charge in [0.2, 0.25) is 0 Å². The van der Waals surface area contributed by atoms with Crippen molar-refractivity contribution in [2.75, 3.05) is 31.6 Å². The highest BCUT2D eigenvalue weighted by molar-refractivity contribution is 7.80. The van der Waals surface area contributed by atoms with E-state index >= 15 is 0 Å². The van der Waals surface area contributed by atoms with Gasteiger partial charge < -0.3 is 10.6 Å². The van der Waals surface area contributed by atoms with Gasteiger partial charge in [-0.1, -0.05) is 23.8 Å². The van der Waals surface area contributed by atoms with E-state index in [4.69, 9.17) is 29.6 Å². The first kappa shape index (κ1) is 14.6. The summed E-state index contributed by atoms with van der Waals surface area (Å²) >= 11 is 11.2. The van der Waals surface area contributed by atoms with E-state index in [0.717, 1.165) is 30.9 Å². The van der Waals surface area contributed by atoms with Crippen LogP contribution in [0.1, 0.15) is 19.4 Å². The van der Waals surface area contributed by atoms with Gasteiger partial charge >= 0.3 is 0 Å². The molecule has 2 rings (SSSR count). The average Bonchev–Trinajstić information content (AvgIpc) is 2.32. The molecule has 1 aliphatic rings. The van der Waals surface area contributed by atoms with Crippen molar-refractivity contribution in [2.24, 2.45) is 5.73 Å². The average molecular weight is 298 g/mol. The van der Waals surface area contributed by atoms with Crippen LogP contribution in [0, 0.1) is 0 Å². The highest BCUT2D eigenvalue weighted by Gasteiger charge is 2.32. The van der Waals surface area contributed by atoms with Crippen molar-refractivity contribution in [2.45, 2.75) is 19.4 Å². The van der Waals surface area contributed by atoms with Crippen LogP contribution in [0.5, 0.6) is 0 Å². The van der Waals surface area contributed by atoms with Crippen molar-refractivity contribution >= 4 is 34.5 Å². The van der Waals surface area contributed by atoms with Crippen LogP contribution in [0.15, 0.2) is 18.2 Å². The normalized spacial score (nSPS) is 19.5. The Bertz CT molecular complexity index is 501. The molecule has 2 N–H and O–H groups in total. The lowest BCUT2D eigenvalue weighted by molar-refractivity contribution is 0.139. The molecule has 1 fully saturated rings. The van der Waals surface area contributed by atoms with Crippen LogP contribution in [0.25, 0.3) is 0 Å². The van der Waals surface area contributed by atoms with Gasteiger partial charge in [-0.2, -0.15) is 0 Å². The summed E-state index contributed by atoms with van der Waals surface area (Å²) < 4.78 is 0. The molecule has 0 unspecified atom stereocenters. The quantitative estimate of drug-likeness (QED) is 0.850. The van der Waals surface area contributed by atoms with E-state index < -0.39 is 0 Å². The van der Waals surface area contributed by atoms with Gasteiger partial charge in [0.25, 0.3) is 0 Å². The minimum Gasteiger partial charge on any atom is -0.389 e. The Kier molecular flexibility index (Phi) is 4.04. The molecule has 0 saturated carbocycles. The molecule has 1 aromatic rings. The minimum atomic E-state index is 0.130. The van der Waals surface area contributed by atoms with Crippen LogP contribution >= 0.6 is 23.8 Å². The molecule has 104 valence electrons. The molecular weight excluding hydrogens is 278 g/mol. The smallest absolute Gasteiger partial charge is 0.106 e. The fourth-order valence-electron chi connectivity index (χ4n) is 2.43. The molecule has 0 atom stereocenters. The summed E-state index contributed by atoms with van der Waals surface area (Å²) in [5.41, 5.74) is 7.90. The van der Waals surface area contributed by atoms with Crippen LogP contribution < -0.4 is 10.6 Å². The van der Waals surface area contributed by atoms with Gasteiger partial charge in [-0.25, -0.2) is 0 Å². The molecule has 0 amide bonds. The Labute approximate surface area is 125 Å². The first-order valence-corrected chi connectivity index (χ1v) is 7.15. The van der Waals surface area contributed by atoms with E-state index in [1.807, 2.05) is 18.2 Å². The third kappa shape index (κ3) is 3.02. The number of hydrogen-bond acceptors (Lipinski definition) is 3. The van der Waals surface area contributed by atoms with Crippen LogP contribution in [0.3, 0.4) is 0 Å². The zero-order valence-electron chi connectivity index (χ0n) is 11.6. The van der Waals surface area contributed by atoms with Crippen molar-refractivity contribution in [1.82, 2.24) is 4.90 Å². The highest BCUT2D eigenvalue weighted by atomic mass is 35.5. The second-order valence-electron chi connectivity index (χ2n) is 5.68. The van der Waals surface area contributed by atoms with Gasteiger partial charge in [-0.05, 0) is 39.1 Å². The maximum Gasteiger partial charge on any atom is 0.106 e. The summed E-state index contributed by atoms with van der Waals surface area (Å²) in [5, 5.41) is 0.667. The zero-order valence-corrected chi connectivity index (χ0v) is 13.2. The predicted octanol–water partition coefficient (Wildman–Crippen LogP) is 2.50. The van der Waals surface area contributed by atoms with Crippen molar-refractivity contribution in [3.05, 3.63) is 28.8 Å². The Morgan fingerprint density at radius 2 is 2.05 bits per heavy atom. The standard InChI is InChI=1S/C14H20ClN3S/c1-14(2)9-18(7-6-17(14)3)12-5-4-10(15)8-11(12)13(16)19/h4-5,8H,6-7,9H2,1-3H3,(H2,16,19). The number of halogens is 1. The van der Waals surface area contributed by atoms with Crippen LogP contribution in [-0.4, -0.2) is 42.1 Å². The first-order chi connectivity index (χ1) is 8.81. The minimum absolute atomic E-state index is 0.130. The van der Waals surface area contributed by atoms with E-state index in [-0.39, 0.29) is 5.54 Å². The second-order valence-corrected chi connectivity index (χ2v) is 6.56. The van der Waals surface area contributed by atoms with E-state index in [0.29, 0.717) is 10.0 Å². The SMILES string of the molecule is CN1CCN(c2ccc(Cl)cc2C(N)=S)CC1(C)C. The van der Waals surface area contributed by atoms with Gasteiger partial charge in [-0.15, -0.1) is 0 Å². The fourth-order valence-corrected chi connectivity index (χ4v) is 2.76. The molecule has 0 aliphatic carbocycles. The predicted molar refractivity (Wildman–Crippen MR) is 86.3 cm³/mol. The molecule has 1 saturated heterocycles. The molecule has 0 bridgehead atoms. The van der Waals surface area contributed by atoms with Crippen molar-refractivity contribution < 1.29 is 0 Å². The van der Waals surface area contributed by atoms with E-state index in [1.54, 1.807) is 0 Å². The number of benzene rings is 1. The third-order valence-corrected chi connectivity index (χ3v) is 4.34. The van der Waals surface area contributed by atoms with E-state index in [9.17, 15) is 0 Å².